The molecule has 0 spiro atoms. The number of nitrogens with two attached hydrogens (primary N) is 1. The number of hydrogen-bond acceptors (Lipinski definition) is 5. The van der Waals surface area contributed by atoms with E-state index in [2.05, 4.69) is 0 Å². The lowest BCUT2D eigenvalue weighted by molar-refractivity contribution is -0.134. The molecule has 7 heteroatoms. The van der Waals surface area contributed by atoms with Crippen LogP contribution in [0.5, 0.6) is 0 Å². The minimum Gasteiger partial charge on any atom is -0.383 e. The lowest BCUT2D eigenvalue weighted by atomic mass is 10.1. The van der Waals surface area contributed by atoms with Gasteiger partial charge < -0.3 is 15.4 Å². The molecular formula is C10H20N2O4S. The predicted molar refractivity (Wildman–Crippen MR) is 64.3 cm³/mol. The first kappa shape index (κ1) is 14.4. The highest BCUT2D eigenvalue weighted by atomic mass is 32.2. The van der Waals surface area contributed by atoms with Crippen molar-refractivity contribution < 1.29 is 17.9 Å². The Labute approximate surface area is 102 Å². The molecule has 0 aromatic carbocycles. The normalized spacial score (nSPS) is 24.4. The Bertz CT molecular complexity index is 391. The van der Waals surface area contributed by atoms with Crippen LogP contribution >= 0.6 is 0 Å². The van der Waals surface area contributed by atoms with E-state index in [9.17, 15) is 13.2 Å². The van der Waals surface area contributed by atoms with Crippen molar-refractivity contribution >= 4 is 15.7 Å². The van der Waals surface area contributed by atoms with Crippen LogP contribution in [0.1, 0.15) is 13.8 Å². The molecule has 2 N–H and O–H groups in total. The van der Waals surface area contributed by atoms with E-state index in [-0.39, 0.29) is 31.4 Å². The standard InChI is InChI=1S/C10H20N2O4S/c1-10(2)7-12(4-5-17(10,14)15)9(13)8(11)6-16-3/h8H,4-7,11H2,1-3H3. The molecule has 0 saturated carbocycles. The van der Waals surface area contributed by atoms with Gasteiger partial charge in [0.2, 0.25) is 5.91 Å². The van der Waals surface area contributed by atoms with Gasteiger partial charge in [-0.2, -0.15) is 0 Å². The summed E-state index contributed by atoms with van der Waals surface area (Å²) in [6.45, 7) is 3.79. The summed E-state index contributed by atoms with van der Waals surface area (Å²) in [4.78, 5) is 13.4. The zero-order chi connectivity index (χ0) is 13.3. The number of nitrogens with zero attached hydrogens (tertiary/aromatic N) is 1. The molecule has 6 nitrogen and oxygen atoms in total. The van der Waals surface area contributed by atoms with E-state index in [1.165, 1.54) is 12.0 Å². The van der Waals surface area contributed by atoms with Crippen molar-refractivity contribution in [1.82, 2.24) is 4.90 Å². The van der Waals surface area contributed by atoms with Crippen molar-refractivity contribution in [2.75, 3.05) is 32.6 Å². The summed E-state index contributed by atoms with van der Waals surface area (Å²) in [6.07, 6.45) is 0. The number of carbonyl (C=O) groups excluding carboxylic acids is 1. The Kier molecular flexibility index (Phi) is 4.16. The second-order valence-corrected chi connectivity index (χ2v) is 7.64. The summed E-state index contributed by atoms with van der Waals surface area (Å²) < 4.78 is 27.5. The van der Waals surface area contributed by atoms with Gasteiger partial charge in [0.15, 0.2) is 9.84 Å². The van der Waals surface area contributed by atoms with E-state index < -0.39 is 20.6 Å². The molecule has 1 rings (SSSR count). The van der Waals surface area contributed by atoms with Gasteiger partial charge >= 0.3 is 0 Å². The monoisotopic (exact) mass is 264 g/mol. The smallest absolute Gasteiger partial charge is 0.241 e. The van der Waals surface area contributed by atoms with E-state index in [0.717, 1.165) is 0 Å². The Hall–Kier alpha value is -0.660. The van der Waals surface area contributed by atoms with Gasteiger partial charge in [-0.05, 0) is 13.8 Å². The summed E-state index contributed by atoms with van der Waals surface area (Å²) >= 11 is 0. The first-order chi connectivity index (χ1) is 7.71. The number of methoxy groups -OCH3 is 1. The molecule has 1 atom stereocenters. The van der Waals surface area contributed by atoms with E-state index in [0.29, 0.717) is 0 Å². The third-order valence-electron chi connectivity index (χ3n) is 3.02. The lowest BCUT2D eigenvalue weighted by Crippen LogP contribution is -2.58. The third-order valence-corrected chi connectivity index (χ3v) is 5.55. The minimum absolute atomic E-state index is 0.00849. The van der Waals surface area contributed by atoms with Gasteiger partial charge in [0.1, 0.15) is 6.04 Å². The number of carbonyl (C=O) groups is 1. The van der Waals surface area contributed by atoms with Crippen LogP contribution in [0.4, 0.5) is 0 Å². The Morgan fingerprint density at radius 3 is 2.59 bits per heavy atom. The van der Waals surface area contributed by atoms with Crippen molar-refractivity contribution in [3.63, 3.8) is 0 Å². The van der Waals surface area contributed by atoms with Crippen molar-refractivity contribution in [3.05, 3.63) is 0 Å². The number of amides is 1. The van der Waals surface area contributed by atoms with Gasteiger partial charge in [-0.15, -0.1) is 0 Å². The second kappa shape index (κ2) is 4.91. The highest BCUT2D eigenvalue weighted by Crippen LogP contribution is 2.23. The fourth-order valence-corrected chi connectivity index (χ4v) is 3.18. The lowest BCUT2D eigenvalue weighted by Gasteiger charge is -2.38. The SMILES string of the molecule is COCC(N)C(=O)N1CCS(=O)(=O)C(C)(C)C1. The van der Waals surface area contributed by atoms with Gasteiger partial charge in [-0.25, -0.2) is 8.42 Å². The Morgan fingerprint density at radius 1 is 1.53 bits per heavy atom. The number of ether oxygens (including phenoxy) is 1. The number of sulfone groups is 1. The maximum Gasteiger partial charge on any atom is 0.241 e. The van der Waals surface area contributed by atoms with Crippen LogP contribution in [0.2, 0.25) is 0 Å². The molecule has 1 fully saturated rings. The number of rotatable bonds is 3. The van der Waals surface area contributed by atoms with Gasteiger partial charge in [0, 0.05) is 20.2 Å². The van der Waals surface area contributed by atoms with E-state index in [1.807, 2.05) is 0 Å². The van der Waals surface area contributed by atoms with Crippen LogP contribution in [-0.2, 0) is 19.4 Å². The average molecular weight is 264 g/mol. The molecule has 1 unspecified atom stereocenters. The number of hydrogen-bond donors (Lipinski definition) is 1. The van der Waals surface area contributed by atoms with Crippen LogP contribution in [0.15, 0.2) is 0 Å². The molecule has 1 aliphatic heterocycles. The Balaban J connectivity index is 2.75. The van der Waals surface area contributed by atoms with Gasteiger partial charge in [-0.3, -0.25) is 4.79 Å². The maximum atomic E-state index is 11.9. The van der Waals surface area contributed by atoms with E-state index in [4.69, 9.17) is 10.5 Å². The summed E-state index contributed by atoms with van der Waals surface area (Å²) in [5, 5.41) is 0. The van der Waals surface area contributed by atoms with Crippen LogP contribution < -0.4 is 5.73 Å². The molecule has 1 aliphatic rings. The van der Waals surface area contributed by atoms with E-state index >= 15 is 0 Å². The molecule has 100 valence electrons. The molecule has 17 heavy (non-hydrogen) atoms. The molecule has 0 radical (unpaired) electrons. The summed E-state index contributed by atoms with van der Waals surface area (Å²) in [5.41, 5.74) is 5.65. The van der Waals surface area contributed by atoms with Crippen LogP contribution in [-0.4, -0.2) is 62.6 Å². The summed E-state index contributed by atoms with van der Waals surface area (Å²) in [5.74, 6) is -0.263. The first-order valence-electron chi connectivity index (χ1n) is 5.47. The molecular weight excluding hydrogens is 244 g/mol. The molecule has 1 saturated heterocycles. The summed E-state index contributed by atoms with van der Waals surface area (Å²) in [7, 11) is -1.66. The molecule has 0 aliphatic carbocycles. The van der Waals surface area contributed by atoms with Crippen LogP contribution in [0.3, 0.4) is 0 Å². The van der Waals surface area contributed by atoms with Crippen LogP contribution in [0, 0.1) is 0 Å². The van der Waals surface area contributed by atoms with Gasteiger partial charge in [0.05, 0.1) is 17.1 Å². The van der Waals surface area contributed by atoms with Crippen molar-refractivity contribution in [2.45, 2.75) is 24.6 Å². The van der Waals surface area contributed by atoms with Gasteiger partial charge in [-0.1, -0.05) is 0 Å². The zero-order valence-electron chi connectivity index (χ0n) is 10.5. The largest absolute Gasteiger partial charge is 0.383 e. The highest BCUT2D eigenvalue weighted by molar-refractivity contribution is 7.92. The molecule has 0 aromatic heterocycles. The molecule has 0 bridgehead atoms. The topological polar surface area (TPSA) is 89.7 Å². The molecule has 1 heterocycles. The van der Waals surface area contributed by atoms with Crippen molar-refractivity contribution in [2.24, 2.45) is 5.73 Å². The fourth-order valence-electron chi connectivity index (χ4n) is 1.82. The zero-order valence-corrected chi connectivity index (χ0v) is 11.3. The molecule has 0 aromatic rings. The van der Waals surface area contributed by atoms with Crippen molar-refractivity contribution in [1.29, 1.82) is 0 Å². The minimum atomic E-state index is -3.13. The van der Waals surface area contributed by atoms with Gasteiger partial charge in [0.25, 0.3) is 0 Å². The third kappa shape index (κ3) is 2.97. The maximum absolute atomic E-state index is 11.9. The second-order valence-electron chi connectivity index (χ2n) is 4.90. The van der Waals surface area contributed by atoms with E-state index in [1.54, 1.807) is 13.8 Å². The van der Waals surface area contributed by atoms with Crippen LogP contribution in [0.25, 0.3) is 0 Å². The summed E-state index contributed by atoms with van der Waals surface area (Å²) in [6, 6.07) is -0.725. The first-order valence-corrected chi connectivity index (χ1v) is 7.12. The molecule has 1 amide bonds. The average Bonchev–Trinajstić information content (AvgIpc) is 2.21. The fraction of sp³-hybridized carbons (Fsp3) is 0.900. The quantitative estimate of drug-likeness (QED) is 0.706. The van der Waals surface area contributed by atoms with Crippen molar-refractivity contribution in [3.8, 4) is 0 Å². The Morgan fingerprint density at radius 2 is 2.12 bits per heavy atom. The highest BCUT2D eigenvalue weighted by Gasteiger charge is 2.42. The predicted octanol–water partition coefficient (Wildman–Crippen LogP) is -1.00.